The number of anilines is 1. The summed E-state index contributed by atoms with van der Waals surface area (Å²) >= 11 is 2.71. The molecule has 0 aliphatic carbocycles. The van der Waals surface area contributed by atoms with E-state index in [4.69, 9.17) is 0 Å². The first-order valence-electron chi connectivity index (χ1n) is 8.55. The normalized spacial score (nSPS) is 11.2. The van der Waals surface area contributed by atoms with E-state index in [1.165, 1.54) is 46.0 Å². The smallest absolute Gasteiger partial charge is 0.266 e. The molecule has 0 aliphatic rings. The fourth-order valence-electron chi connectivity index (χ4n) is 2.61. The highest BCUT2D eigenvalue weighted by Crippen LogP contribution is 2.31. The molecule has 0 aliphatic heterocycles. The minimum absolute atomic E-state index is 0.00443. The fraction of sp³-hybridized carbons (Fsp3) is 0.0500. The lowest BCUT2D eigenvalue weighted by atomic mass is 10.2. The second-order valence-corrected chi connectivity index (χ2v) is 8.11. The Balaban J connectivity index is 1.71. The van der Waals surface area contributed by atoms with Gasteiger partial charge in [0.25, 0.3) is 11.6 Å². The molecule has 2 heterocycles. The van der Waals surface area contributed by atoms with Crippen molar-refractivity contribution in [1.82, 2.24) is 4.98 Å². The van der Waals surface area contributed by atoms with E-state index in [0.717, 1.165) is 15.8 Å². The molecule has 9 heteroatoms. The zero-order valence-corrected chi connectivity index (χ0v) is 16.8. The molecule has 2 aromatic carbocycles. The van der Waals surface area contributed by atoms with Crippen molar-refractivity contribution in [3.8, 4) is 0 Å². The third kappa shape index (κ3) is 4.05. The van der Waals surface area contributed by atoms with Gasteiger partial charge in [-0.05, 0) is 53.8 Å². The van der Waals surface area contributed by atoms with Crippen LogP contribution < -0.4 is 5.01 Å². The maximum atomic E-state index is 13.0. The number of carbonyl (C=O) groups excluding carboxylic acids is 1. The number of nitro benzene ring substituents is 1. The average molecular weight is 422 g/mol. The predicted molar refractivity (Wildman–Crippen MR) is 116 cm³/mol. The SMILES string of the molecule is Cc1ccc2nc(N(/N=C/c3ccc([N+](=O)[O-])cc3)C(=O)c3cccs3)sc2c1. The summed E-state index contributed by atoms with van der Waals surface area (Å²) in [6.45, 7) is 2.00. The molecule has 29 heavy (non-hydrogen) atoms. The van der Waals surface area contributed by atoms with Crippen molar-refractivity contribution in [2.45, 2.75) is 6.92 Å². The molecule has 4 rings (SSSR count). The van der Waals surface area contributed by atoms with Gasteiger partial charge in [0.05, 0.1) is 26.2 Å². The van der Waals surface area contributed by atoms with Crippen molar-refractivity contribution in [2.75, 3.05) is 5.01 Å². The molecule has 0 bridgehead atoms. The maximum Gasteiger partial charge on any atom is 0.290 e. The topological polar surface area (TPSA) is 88.7 Å². The number of hydrogen-bond donors (Lipinski definition) is 0. The summed E-state index contributed by atoms with van der Waals surface area (Å²) < 4.78 is 0.967. The lowest BCUT2D eigenvalue weighted by Gasteiger charge is -2.12. The summed E-state index contributed by atoms with van der Waals surface area (Å²) in [5.41, 5.74) is 2.54. The Kier molecular flexibility index (Phi) is 5.15. The van der Waals surface area contributed by atoms with Crippen molar-refractivity contribution >= 4 is 55.8 Å². The van der Waals surface area contributed by atoms with Gasteiger partial charge in [0.15, 0.2) is 0 Å². The number of aryl methyl sites for hydroxylation is 1. The van der Waals surface area contributed by atoms with Crippen molar-refractivity contribution < 1.29 is 9.72 Å². The fourth-order valence-corrected chi connectivity index (χ4v) is 4.28. The minimum Gasteiger partial charge on any atom is -0.266 e. The van der Waals surface area contributed by atoms with E-state index < -0.39 is 4.92 Å². The molecule has 0 unspecified atom stereocenters. The van der Waals surface area contributed by atoms with E-state index >= 15 is 0 Å². The molecular formula is C20H14N4O3S2. The van der Waals surface area contributed by atoms with Gasteiger partial charge in [0.2, 0.25) is 5.13 Å². The van der Waals surface area contributed by atoms with Crippen molar-refractivity contribution in [3.63, 3.8) is 0 Å². The van der Waals surface area contributed by atoms with Crippen LogP contribution in [0.4, 0.5) is 10.8 Å². The van der Waals surface area contributed by atoms with E-state index in [0.29, 0.717) is 15.6 Å². The molecule has 0 saturated carbocycles. The zero-order chi connectivity index (χ0) is 20.4. The van der Waals surface area contributed by atoms with Gasteiger partial charge < -0.3 is 0 Å². The van der Waals surface area contributed by atoms with Crippen LogP contribution in [0, 0.1) is 17.0 Å². The van der Waals surface area contributed by atoms with Crippen LogP contribution in [0.5, 0.6) is 0 Å². The number of hydrazone groups is 1. The quantitative estimate of drug-likeness (QED) is 0.249. The van der Waals surface area contributed by atoms with E-state index in [2.05, 4.69) is 10.1 Å². The number of thiazole rings is 1. The van der Waals surface area contributed by atoms with Crippen LogP contribution in [-0.2, 0) is 0 Å². The third-order valence-corrected chi connectivity index (χ3v) is 5.92. The average Bonchev–Trinajstić information content (AvgIpc) is 3.38. The number of aromatic nitrogens is 1. The Labute approximate surface area is 173 Å². The molecular weight excluding hydrogens is 408 g/mol. The molecule has 7 nitrogen and oxygen atoms in total. The summed E-state index contributed by atoms with van der Waals surface area (Å²) in [5, 5.41) is 18.7. The Morgan fingerprint density at radius 3 is 2.69 bits per heavy atom. The highest BCUT2D eigenvalue weighted by molar-refractivity contribution is 7.22. The molecule has 1 amide bonds. The molecule has 0 atom stereocenters. The number of hydrogen-bond acceptors (Lipinski definition) is 7. The van der Waals surface area contributed by atoms with E-state index in [1.807, 2.05) is 30.5 Å². The summed E-state index contributed by atoms with van der Waals surface area (Å²) in [6.07, 6.45) is 1.49. The summed E-state index contributed by atoms with van der Waals surface area (Å²) in [7, 11) is 0. The van der Waals surface area contributed by atoms with Crippen LogP contribution in [0.2, 0.25) is 0 Å². The number of thiophene rings is 1. The van der Waals surface area contributed by atoms with Crippen molar-refractivity contribution in [2.24, 2.45) is 5.10 Å². The Hall–Kier alpha value is -3.43. The third-order valence-electron chi connectivity index (χ3n) is 4.06. The standard InChI is InChI=1S/C20H14N4O3S2/c1-13-4-9-16-18(11-13)29-20(22-16)23(19(25)17-3-2-10-28-17)21-12-14-5-7-15(8-6-14)24(26)27/h2-12H,1H3/b21-12+. The van der Waals surface area contributed by atoms with Crippen LogP contribution in [0.25, 0.3) is 10.2 Å². The van der Waals surface area contributed by atoms with Crippen LogP contribution in [0.1, 0.15) is 20.8 Å². The summed E-state index contributed by atoms with van der Waals surface area (Å²) in [4.78, 5) is 28.5. The van der Waals surface area contributed by atoms with Gasteiger partial charge in [-0.15, -0.1) is 11.3 Å². The van der Waals surface area contributed by atoms with Gasteiger partial charge in [-0.3, -0.25) is 14.9 Å². The zero-order valence-electron chi connectivity index (χ0n) is 15.2. The molecule has 2 aromatic heterocycles. The molecule has 4 aromatic rings. The number of nitro groups is 1. The monoisotopic (exact) mass is 422 g/mol. The predicted octanol–water partition coefficient (Wildman–Crippen LogP) is 5.26. The first kappa shape index (κ1) is 18.9. The highest BCUT2D eigenvalue weighted by atomic mass is 32.1. The van der Waals surface area contributed by atoms with Crippen LogP contribution in [0.15, 0.2) is 65.1 Å². The molecule has 144 valence electrons. The van der Waals surface area contributed by atoms with Crippen molar-refractivity contribution in [3.05, 3.63) is 86.1 Å². The second-order valence-electron chi connectivity index (χ2n) is 6.16. The van der Waals surface area contributed by atoms with Crippen LogP contribution in [-0.4, -0.2) is 22.0 Å². The molecule has 0 spiro atoms. The van der Waals surface area contributed by atoms with Crippen LogP contribution in [0.3, 0.4) is 0 Å². The van der Waals surface area contributed by atoms with Gasteiger partial charge in [-0.1, -0.05) is 23.5 Å². The molecule has 0 N–H and O–H groups in total. The maximum absolute atomic E-state index is 13.0. The molecule has 0 saturated heterocycles. The van der Waals surface area contributed by atoms with E-state index in [-0.39, 0.29) is 11.6 Å². The Bertz CT molecular complexity index is 1210. The van der Waals surface area contributed by atoms with Gasteiger partial charge in [-0.2, -0.15) is 10.1 Å². The molecule has 0 radical (unpaired) electrons. The number of non-ortho nitro benzene ring substituents is 1. The number of nitrogens with zero attached hydrogens (tertiary/aromatic N) is 4. The Morgan fingerprint density at radius 1 is 1.21 bits per heavy atom. The number of benzene rings is 2. The first-order chi connectivity index (χ1) is 14.0. The van der Waals surface area contributed by atoms with Gasteiger partial charge in [-0.25, -0.2) is 4.98 Å². The van der Waals surface area contributed by atoms with E-state index in [1.54, 1.807) is 24.3 Å². The highest BCUT2D eigenvalue weighted by Gasteiger charge is 2.21. The minimum atomic E-state index is -0.462. The number of fused-ring (bicyclic) bond motifs is 1. The lowest BCUT2D eigenvalue weighted by molar-refractivity contribution is -0.384. The number of rotatable bonds is 5. The van der Waals surface area contributed by atoms with E-state index in [9.17, 15) is 14.9 Å². The lowest BCUT2D eigenvalue weighted by Crippen LogP contribution is -2.24. The van der Waals surface area contributed by atoms with Gasteiger partial charge in [0, 0.05) is 12.1 Å². The summed E-state index contributed by atoms with van der Waals surface area (Å²) in [5.74, 6) is -0.283. The van der Waals surface area contributed by atoms with Gasteiger partial charge >= 0.3 is 0 Å². The second kappa shape index (κ2) is 7.90. The van der Waals surface area contributed by atoms with Crippen LogP contribution >= 0.6 is 22.7 Å². The Morgan fingerprint density at radius 2 is 2.00 bits per heavy atom. The van der Waals surface area contributed by atoms with Crippen molar-refractivity contribution in [1.29, 1.82) is 0 Å². The summed E-state index contributed by atoms with van der Waals surface area (Å²) in [6, 6.07) is 15.4. The first-order valence-corrected chi connectivity index (χ1v) is 10.2. The largest absolute Gasteiger partial charge is 0.290 e. The molecule has 0 fully saturated rings. The number of amides is 1. The number of carbonyl (C=O) groups is 1. The van der Waals surface area contributed by atoms with Gasteiger partial charge in [0.1, 0.15) is 0 Å².